The van der Waals surface area contributed by atoms with Crippen molar-refractivity contribution in [1.82, 2.24) is 34.7 Å². The Labute approximate surface area is 156 Å². The third-order valence-electron chi connectivity index (χ3n) is 4.43. The molecule has 0 spiro atoms. The summed E-state index contributed by atoms with van der Waals surface area (Å²) in [6.07, 6.45) is 6.12. The summed E-state index contributed by atoms with van der Waals surface area (Å²) < 4.78 is 3.56. The molecule has 0 saturated heterocycles. The van der Waals surface area contributed by atoms with Crippen LogP contribution >= 0.6 is 0 Å². The van der Waals surface area contributed by atoms with Gasteiger partial charge in [-0.3, -0.25) is 4.68 Å². The van der Waals surface area contributed by atoms with E-state index in [2.05, 4.69) is 25.4 Å². The normalized spacial score (nSPS) is 12.0. The number of hydrogen-bond acceptors (Lipinski definition) is 6. The Morgan fingerprint density at radius 1 is 1.11 bits per heavy atom. The number of aryl methyl sites for hydroxylation is 1. The molecule has 0 aliphatic heterocycles. The van der Waals surface area contributed by atoms with Crippen LogP contribution in [0.4, 0.5) is 0 Å². The summed E-state index contributed by atoms with van der Waals surface area (Å²) >= 11 is 0. The van der Waals surface area contributed by atoms with Crippen molar-refractivity contribution in [1.29, 1.82) is 0 Å². The van der Waals surface area contributed by atoms with Crippen LogP contribution in [-0.4, -0.2) is 39.8 Å². The van der Waals surface area contributed by atoms with Gasteiger partial charge in [0, 0.05) is 19.2 Å². The van der Waals surface area contributed by atoms with Gasteiger partial charge < -0.3 is 5.11 Å². The Morgan fingerprint density at radius 3 is 2.56 bits per heavy atom. The molecule has 0 saturated carbocycles. The molecule has 3 aromatic heterocycles. The van der Waals surface area contributed by atoms with Gasteiger partial charge in [0.05, 0.1) is 23.7 Å². The number of fused-ring (bicyclic) bond motifs is 1. The molecular formula is C19H21N7O. The molecule has 4 aromatic rings. The predicted octanol–water partition coefficient (Wildman–Crippen LogP) is 2.25. The van der Waals surface area contributed by atoms with Gasteiger partial charge >= 0.3 is 0 Å². The molecule has 1 aromatic carbocycles. The first-order valence-electron chi connectivity index (χ1n) is 8.86. The molecule has 27 heavy (non-hydrogen) atoms. The highest BCUT2D eigenvalue weighted by molar-refractivity contribution is 5.70. The Morgan fingerprint density at radius 2 is 1.89 bits per heavy atom. The maximum absolute atomic E-state index is 10.1. The van der Waals surface area contributed by atoms with Crippen molar-refractivity contribution < 1.29 is 5.11 Å². The van der Waals surface area contributed by atoms with Crippen LogP contribution < -0.4 is 0 Å². The van der Waals surface area contributed by atoms with Crippen molar-refractivity contribution in [2.24, 2.45) is 0 Å². The molecule has 8 heteroatoms. The van der Waals surface area contributed by atoms with Crippen LogP contribution in [0.2, 0.25) is 0 Å². The van der Waals surface area contributed by atoms with E-state index in [9.17, 15) is 5.11 Å². The standard InChI is InChI=1S/C19H21N7O/c1-4-25-12-13(10-21-25)9-17-20-11-16-18(22-17)26(24-23-16)15-7-5-14(6-8-15)19(2,3)27/h5-8,10-12,27H,4,9H2,1-3H3. The second kappa shape index (κ2) is 6.55. The van der Waals surface area contributed by atoms with Crippen molar-refractivity contribution in [2.75, 3.05) is 0 Å². The van der Waals surface area contributed by atoms with Crippen molar-refractivity contribution in [3.8, 4) is 5.69 Å². The zero-order valence-corrected chi connectivity index (χ0v) is 15.5. The smallest absolute Gasteiger partial charge is 0.187 e. The van der Waals surface area contributed by atoms with Crippen LogP contribution in [0.3, 0.4) is 0 Å². The van der Waals surface area contributed by atoms with Gasteiger partial charge in [-0.15, -0.1) is 5.10 Å². The molecule has 8 nitrogen and oxygen atoms in total. The minimum absolute atomic E-state index is 0.596. The molecule has 0 unspecified atom stereocenters. The first-order valence-corrected chi connectivity index (χ1v) is 8.86. The molecule has 0 amide bonds. The lowest BCUT2D eigenvalue weighted by molar-refractivity contribution is 0.0786. The quantitative estimate of drug-likeness (QED) is 0.584. The first-order chi connectivity index (χ1) is 12.9. The Balaban J connectivity index is 1.67. The van der Waals surface area contributed by atoms with Gasteiger partial charge in [-0.1, -0.05) is 17.3 Å². The lowest BCUT2D eigenvalue weighted by Gasteiger charge is -2.17. The maximum Gasteiger partial charge on any atom is 0.187 e. The molecule has 0 bridgehead atoms. The lowest BCUT2D eigenvalue weighted by Crippen LogP contribution is -2.15. The van der Waals surface area contributed by atoms with Gasteiger partial charge in [-0.25, -0.2) is 9.97 Å². The van der Waals surface area contributed by atoms with E-state index in [1.807, 2.05) is 48.3 Å². The number of aromatic nitrogens is 7. The maximum atomic E-state index is 10.1. The van der Waals surface area contributed by atoms with E-state index >= 15 is 0 Å². The van der Waals surface area contributed by atoms with E-state index in [4.69, 9.17) is 0 Å². The van der Waals surface area contributed by atoms with Crippen molar-refractivity contribution in [3.05, 3.63) is 59.8 Å². The van der Waals surface area contributed by atoms with Crippen LogP contribution in [0.15, 0.2) is 42.9 Å². The minimum Gasteiger partial charge on any atom is -0.386 e. The van der Waals surface area contributed by atoms with Crippen molar-refractivity contribution in [3.63, 3.8) is 0 Å². The van der Waals surface area contributed by atoms with E-state index < -0.39 is 5.60 Å². The second-order valence-electron chi connectivity index (χ2n) is 6.98. The van der Waals surface area contributed by atoms with Gasteiger partial charge in [0.1, 0.15) is 5.82 Å². The fourth-order valence-electron chi connectivity index (χ4n) is 2.89. The van der Waals surface area contributed by atoms with Crippen LogP contribution in [0.1, 0.15) is 37.7 Å². The first kappa shape index (κ1) is 17.3. The van der Waals surface area contributed by atoms with Crippen LogP contribution in [0.25, 0.3) is 16.9 Å². The fraction of sp³-hybridized carbons (Fsp3) is 0.316. The number of aliphatic hydroxyl groups is 1. The van der Waals surface area contributed by atoms with Gasteiger partial charge in [-0.2, -0.15) is 9.78 Å². The largest absolute Gasteiger partial charge is 0.386 e. The summed E-state index contributed by atoms with van der Waals surface area (Å²) in [5.74, 6) is 0.690. The minimum atomic E-state index is -0.888. The molecule has 138 valence electrons. The van der Waals surface area contributed by atoms with Crippen molar-refractivity contribution in [2.45, 2.75) is 39.3 Å². The molecule has 0 aliphatic carbocycles. The number of benzene rings is 1. The van der Waals surface area contributed by atoms with E-state index in [0.29, 0.717) is 23.4 Å². The molecule has 1 N–H and O–H groups in total. The van der Waals surface area contributed by atoms with E-state index in [-0.39, 0.29) is 0 Å². The molecular weight excluding hydrogens is 342 g/mol. The summed E-state index contributed by atoms with van der Waals surface area (Å²) in [5, 5.41) is 22.8. The fourth-order valence-corrected chi connectivity index (χ4v) is 2.89. The summed E-state index contributed by atoms with van der Waals surface area (Å²) in [4.78, 5) is 9.05. The van der Waals surface area contributed by atoms with Crippen LogP contribution in [0, 0.1) is 0 Å². The second-order valence-corrected chi connectivity index (χ2v) is 6.98. The van der Waals surface area contributed by atoms with Crippen LogP contribution in [0.5, 0.6) is 0 Å². The highest BCUT2D eigenvalue weighted by Gasteiger charge is 2.16. The zero-order chi connectivity index (χ0) is 19.0. The molecule has 0 radical (unpaired) electrons. The SMILES string of the molecule is CCn1cc(Cc2ncc3nnn(-c4ccc(C(C)(C)O)cc4)c3n2)cn1. The van der Waals surface area contributed by atoms with E-state index in [1.165, 1.54) is 0 Å². The molecule has 3 heterocycles. The Kier molecular flexibility index (Phi) is 4.19. The van der Waals surface area contributed by atoms with E-state index in [0.717, 1.165) is 23.4 Å². The summed E-state index contributed by atoms with van der Waals surface area (Å²) in [7, 11) is 0. The molecule has 4 rings (SSSR count). The van der Waals surface area contributed by atoms with Crippen LogP contribution in [-0.2, 0) is 18.6 Å². The monoisotopic (exact) mass is 363 g/mol. The summed E-state index contributed by atoms with van der Waals surface area (Å²) in [5.41, 5.74) is 3.12. The van der Waals surface area contributed by atoms with Gasteiger partial charge in [0.2, 0.25) is 0 Å². The van der Waals surface area contributed by atoms with Crippen molar-refractivity contribution >= 4 is 11.2 Å². The highest BCUT2D eigenvalue weighted by atomic mass is 16.3. The predicted molar refractivity (Wildman–Crippen MR) is 100 cm³/mol. The summed E-state index contributed by atoms with van der Waals surface area (Å²) in [6, 6.07) is 7.55. The van der Waals surface area contributed by atoms with Gasteiger partial charge in [0.25, 0.3) is 0 Å². The molecule has 0 atom stereocenters. The Bertz CT molecular complexity index is 1070. The molecule has 0 aliphatic rings. The highest BCUT2D eigenvalue weighted by Crippen LogP contribution is 2.22. The number of hydrogen-bond donors (Lipinski definition) is 1. The summed E-state index contributed by atoms with van der Waals surface area (Å²) in [6.45, 7) is 6.39. The average molecular weight is 363 g/mol. The third-order valence-corrected chi connectivity index (χ3v) is 4.43. The lowest BCUT2D eigenvalue weighted by atomic mass is 9.98. The zero-order valence-electron chi connectivity index (χ0n) is 15.5. The van der Waals surface area contributed by atoms with Gasteiger partial charge in [-0.05, 0) is 44.0 Å². The number of nitrogens with zero attached hydrogens (tertiary/aromatic N) is 7. The third kappa shape index (κ3) is 3.43. The Hall–Kier alpha value is -3.13. The average Bonchev–Trinajstić information content (AvgIpc) is 3.27. The number of rotatable bonds is 5. The van der Waals surface area contributed by atoms with E-state index in [1.54, 1.807) is 24.7 Å². The topological polar surface area (TPSA) is 94.5 Å². The molecule has 0 fully saturated rings. The van der Waals surface area contributed by atoms with Gasteiger partial charge in [0.15, 0.2) is 11.2 Å².